The van der Waals surface area contributed by atoms with Crippen molar-refractivity contribution in [2.45, 2.75) is 17.3 Å². The van der Waals surface area contributed by atoms with Crippen molar-refractivity contribution in [3.63, 3.8) is 0 Å². The normalized spacial score (nSPS) is 11.5. The first-order valence-corrected chi connectivity index (χ1v) is 9.60. The Morgan fingerprint density at radius 3 is 2.25 bits per heavy atom. The molecule has 3 aromatic rings. The fourth-order valence-electron chi connectivity index (χ4n) is 2.60. The van der Waals surface area contributed by atoms with Gasteiger partial charge in [0.25, 0.3) is 0 Å². The Labute approximate surface area is 167 Å². The maximum Gasteiger partial charge on any atom is 0.321 e. The van der Waals surface area contributed by atoms with Gasteiger partial charge in [-0.25, -0.2) is 14.8 Å². The molecule has 2 aromatic carbocycles. The number of benzene rings is 2. The van der Waals surface area contributed by atoms with Gasteiger partial charge >= 0.3 is 6.03 Å². The molecule has 0 saturated carbocycles. The average molecular weight is 392 g/mol. The molecule has 2 N–H and O–H groups in total. The van der Waals surface area contributed by atoms with Crippen LogP contribution < -0.4 is 10.6 Å². The van der Waals surface area contributed by atoms with Crippen molar-refractivity contribution in [2.24, 2.45) is 0 Å². The van der Waals surface area contributed by atoms with Gasteiger partial charge in [-0.05, 0) is 18.6 Å². The molecule has 0 aliphatic heterocycles. The van der Waals surface area contributed by atoms with Crippen LogP contribution in [0.4, 0.5) is 4.79 Å². The Hall–Kier alpha value is -3.19. The predicted molar refractivity (Wildman–Crippen MR) is 110 cm³/mol. The molecule has 0 unspecified atom stereocenters. The van der Waals surface area contributed by atoms with Crippen LogP contribution in [0, 0.1) is 6.92 Å². The fourth-order valence-corrected chi connectivity index (χ4v) is 3.61. The minimum Gasteiger partial charge on any atom is -0.341 e. The van der Waals surface area contributed by atoms with Gasteiger partial charge < -0.3 is 5.32 Å². The Bertz CT molecular complexity index is 965. The number of nitrogens with zero attached hydrogens (tertiary/aromatic N) is 2. The van der Waals surface area contributed by atoms with Crippen molar-refractivity contribution in [2.75, 3.05) is 7.05 Å². The fraction of sp³-hybridized carbons (Fsp3) is 0.143. The van der Waals surface area contributed by atoms with Crippen LogP contribution in [0.5, 0.6) is 0 Å². The van der Waals surface area contributed by atoms with E-state index in [-0.39, 0.29) is 0 Å². The molecule has 1 atom stereocenters. The summed E-state index contributed by atoms with van der Waals surface area (Å²) in [6.07, 6.45) is 0. The summed E-state index contributed by atoms with van der Waals surface area (Å²) in [5.41, 5.74) is 3.32. The van der Waals surface area contributed by atoms with E-state index in [9.17, 15) is 9.59 Å². The van der Waals surface area contributed by atoms with Crippen molar-refractivity contribution in [1.82, 2.24) is 20.6 Å². The van der Waals surface area contributed by atoms with Crippen molar-refractivity contribution in [3.05, 3.63) is 78.0 Å². The molecule has 28 heavy (non-hydrogen) atoms. The lowest BCUT2D eigenvalue weighted by Crippen LogP contribution is -2.39. The molecule has 0 aliphatic carbocycles. The molecule has 3 rings (SSSR count). The summed E-state index contributed by atoms with van der Waals surface area (Å²) in [5, 5.41) is 4.55. The average Bonchev–Trinajstić information content (AvgIpc) is 2.72. The summed E-state index contributed by atoms with van der Waals surface area (Å²) < 4.78 is 0. The van der Waals surface area contributed by atoms with E-state index in [0.29, 0.717) is 5.16 Å². The van der Waals surface area contributed by atoms with Crippen LogP contribution in [-0.4, -0.2) is 29.0 Å². The maximum absolute atomic E-state index is 12.7. The molecule has 142 valence electrons. The smallest absolute Gasteiger partial charge is 0.321 e. The largest absolute Gasteiger partial charge is 0.341 e. The highest BCUT2D eigenvalue weighted by molar-refractivity contribution is 8.00. The lowest BCUT2D eigenvalue weighted by molar-refractivity contribution is -0.119. The van der Waals surface area contributed by atoms with Gasteiger partial charge in [-0.15, -0.1) is 0 Å². The Morgan fingerprint density at radius 2 is 1.61 bits per heavy atom. The van der Waals surface area contributed by atoms with Crippen molar-refractivity contribution in [1.29, 1.82) is 0 Å². The van der Waals surface area contributed by atoms with Crippen LogP contribution in [0.2, 0.25) is 0 Å². The third-order valence-electron chi connectivity index (χ3n) is 3.93. The number of carbonyl (C=O) groups excluding carboxylic acids is 2. The van der Waals surface area contributed by atoms with Gasteiger partial charge in [-0.3, -0.25) is 10.1 Å². The number of amides is 3. The topological polar surface area (TPSA) is 84.0 Å². The van der Waals surface area contributed by atoms with Crippen molar-refractivity contribution in [3.8, 4) is 11.3 Å². The van der Waals surface area contributed by atoms with Crippen LogP contribution in [-0.2, 0) is 4.79 Å². The predicted octanol–water partition coefficient (Wildman–Crippen LogP) is 3.74. The second-order valence-corrected chi connectivity index (χ2v) is 7.09. The zero-order chi connectivity index (χ0) is 19.9. The highest BCUT2D eigenvalue weighted by Crippen LogP contribution is 2.34. The van der Waals surface area contributed by atoms with Gasteiger partial charge in [-0.2, -0.15) is 0 Å². The monoisotopic (exact) mass is 392 g/mol. The van der Waals surface area contributed by atoms with Crippen LogP contribution in [0.15, 0.2) is 71.9 Å². The van der Waals surface area contributed by atoms with E-state index in [0.717, 1.165) is 22.5 Å². The molecule has 0 saturated heterocycles. The number of nitrogens with one attached hydrogen (secondary N) is 2. The number of carbonyl (C=O) groups is 2. The molecule has 0 fully saturated rings. The molecule has 0 bridgehead atoms. The molecule has 0 aliphatic rings. The minimum atomic E-state index is -0.663. The summed E-state index contributed by atoms with van der Waals surface area (Å²) in [4.78, 5) is 33.4. The van der Waals surface area contributed by atoms with E-state index in [4.69, 9.17) is 0 Å². The number of thioether (sulfide) groups is 1. The molecular formula is C21H20N4O2S. The van der Waals surface area contributed by atoms with Crippen molar-refractivity contribution < 1.29 is 9.59 Å². The molecular weight excluding hydrogens is 372 g/mol. The van der Waals surface area contributed by atoms with E-state index in [1.807, 2.05) is 73.7 Å². The van der Waals surface area contributed by atoms with Crippen LogP contribution in [0.3, 0.4) is 0 Å². The summed E-state index contributed by atoms with van der Waals surface area (Å²) in [6, 6.07) is 20.4. The first kappa shape index (κ1) is 19.6. The molecule has 6 nitrogen and oxygen atoms in total. The third kappa shape index (κ3) is 4.95. The zero-order valence-electron chi connectivity index (χ0n) is 15.5. The molecule has 0 radical (unpaired) electrons. The second kappa shape index (κ2) is 9.14. The van der Waals surface area contributed by atoms with Crippen LogP contribution in [0.25, 0.3) is 11.3 Å². The summed E-state index contributed by atoms with van der Waals surface area (Å²) in [5.74, 6) is -0.429. The van der Waals surface area contributed by atoms with E-state index >= 15 is 0 Å². The lowest BCUT2D eigenvalue weighted by atomic mass is 10.1. The molecule has 1 aromatic heterocycles. The third-order valence-corrected chi connectivity index (χ3v) is 5.05. The van der Waals surface area contributed by atoms with Crippen LogP contribution >= 0.6 is 11.8 Å². The van der Waals surface area contributed by atoms with Gasteiger partial charge in [0.15, 0.2) is 5.16 Å². The number of urea groups is 1. The van der Waals surface area contributed by atoms with E-state index in [1.165, 1.54) is 18.8 Å². The molecule has 0 spiro atoms. The number of hydrogen-bond acceptors (Lipinski definition) is 5. The van der Waals surface area contributed by atoms with E-state index < -0.39 is 17.2 Å². The van der Waals surface area contributed by atoms with E-state index in [2.05, 4.69) is 20.6 Å². The van der Waals surface area contributed by atoms with Gasteiger partial charge in [0.1, 0.15) is 5.25 Å². The first-order chi connectivity index (χ1) is 13.6. The SMILES string of the molecule is CNC(=O)NC(=O)[C@@H](Sc1nc(C)cc(-c2ccccc2)n1)c1ccccc1. The molecule has 1 heterocycles. The standard InChI is InChI=1S/C21H20N4O2S/c1-14-13-17(15-9-5-3-6-10-15)24-21(23-14)28-18(16-11-7-4-8-12-16)19(26)25-20(27)22-2/h3-13,18H,1-2H3,(H2,22,25,26,27)/t18-/m0/s1. The Kier molecular flexibility index (Phi) is 6.39. The summed E-state index contributed by atoms with van der Waals surface area (Å²) in [6.45, 7) is 1.89. The number of rotatable bonds is 5. The number of aryl methyl sites for hydroxylation is 1. The number of hydrogen-bond donors (Lipinski definition) is 2. The molecule has 7 heteroatoms. The number of aromatic nitrogens is 2. The quantitative estimate of drug-likeness (QED) is 0.510. The zero-order valence-corrected chi connectivity index (χ0v) is 16.4. The van der Waals surface area contributed by atoms with Gasteiger partial charge in [-0.1, -0.05) is 72.4 Å². The summed E-state index contributed by atoms with van der Waals surface area (Å²) >= 11 is 1.21. The van der Waals surface area contributed by atoms with Crippen LogP contribution in [0.1, 0.15) is 16.5 Å². The highest BCUT2D eigenvalue weighted by Gasteiger charge is 2.25. The van der Waals surface area contributed by atoms with Gasteiger partial charge in [0, 0.05) is 18.3 Å². The van der Waals surface area contributed by atoms with Crippen molar-refractivity contribution >= 4 is 23.7 Å². The number of imide groups is 1. The second-order valence-electron chi connectivity index (χ2n) is 6.02. The molecule has 3 amide bonds. The van der Waals surface area contributed by atoms with Gasteiger partial charge in [0.2, 0.25) is 5.91 Å². The lowest BCUT2D eigenvalue weighted by Gasteiger charge is -2.16. The highest BCUT2D eigenvalue weighted by atomic mass is 32.2. The minimum absolute atomic E-state index is 0.429. The summed E-state index contributed by atoms with van der Waals surface area (Å²) in [7, 11) is 1.46. The maximum atomic E-state index is 12.7. The first-order valence-electron chi connectivity index (χ1n) is 8.72. The van der Waals surface area contributed by atoms with Gasteiger partial charge in [0.05, 0.1) is 5.69 Å². The van der Waals surface area contributed by atoms with E-state index in [1.54, 1.807) is 0 Å². The Morgan fingerprint density at radius 1 is 0.964 bits per heavy atom. The Balaban J connectivity index is 1.93.